The van der Waals surface area contributed by atoms with Crippen molar-refractivity contribution < 1.29 is 4.21 Å². The number of benzene rings is 1. The predicted octanol–water partition coefficient (Wildman–Crippen LogP) is 2.65. The second-order valence-corrected chi connectivity index (χ2v) is 6.14. The van der Waals surface area contributed by atoms with Gasteiger partial charge in [-0.15, -0.1) is 11.6 Å². The van der Waals surface area contributed by atoms with Gasteiger partial charge in [-0.2, -0.15) is 0 Å². The Morgan fingerprint density at radius 2 is 2.00 bits per heavy atom. The Morgan fingerprint density at radius 1 is 1.31 bits per heavy atom. The minimum Gasteiger partial charge on any atom is -0.369 e. The monoisotopic (exact) mass is 277 g/mol. The fourth-order valence-electron chi connectivity index (χ4n) is 1.82. The van der Waals surface area contributed by atoms with Crippen molar-refractivity contribution in [1.82, 2.24) is 0 Å². The molecule has 88 valence electrons. The van der Waals surface area contributed by atoms with E-state index in [1.54, 1.807) is 0 Å². The van der Waals surface area contributed by atoms with E-state index in [-0.39, 0.29) is 0 Å². The lowest BCUT2D eigenvalue weighted by Gasteiger charge is -2.30. The molecule has 2 rings (SSSR count). The van der Waals surface area contributed by atoms with Gasteiger partial charge in [0.1, 0.15) is 0 Å². The third kappa shape index (κ3) is 2.70. The average Bonchev–Trinajstić information content (AvgIpc) is 2.30. The van der Waals surface area contributed by atoms with Gasteiger partial charge >= 0.3 is 0 Å². The fraction of sp³-hybridized carbons (Fsp3) is 0.455. The highest BCUT2D eigenvalue weighted by molar-refractivity contribution is 7.85. The molecule has 0 saturated carbocycles. The second-order valence-electron chi connectivity index (χ2n) is 3.74. The van der Waals surface area contributed by atoms with Gasteiger partial charge in [0, 0.05) is 52.0 Å². The highest BCUT2D eigenvalue weighted by atomic mass is 35.5. The molecule has 5 heteroatoms. The largest absolute Gasteiger partial charge is 0.369 e. The van der Waals surface area contributed by atoms with Gasteiger partial charge in [-0.05, 0) is 17.7 Å². The molecular formula is C11H13Cl2NOS. The van der Waals surface area contributed by atoms with Crippen LogP contribution in [-0.4, -0.2) is 28.8 Å². The summed E-state index contributed by atoms with van der Waals surface area (Å²) in [4.78, 5) is 2.21. The molecule has 1 fully saturated rings. The number of hydrogen-bond donors (Lipinski definition) is 0. The molecule has 0 unspecified atom stereocenters. The number of halogens is 2. The summed E-state index contributed by atoms with van der Waals surface area (Å²) < 4.78 is 11.3. The van der Waals surface area contributed by atoms with Crippen LogP contribution in [0.4, 0.5) is 5.69 Å². The normalized spacial score (nSPS) is 17.8. The molecule has 1 saturated heterocycles. The van der Waals surface area contributed by atoms with Crippen molar-refractivity contribution >= 4 is 39.7 Å². The maximum Gasteiger partial charge on any atom is 0.0494 e. The SMILES string of the molecule is O=S1CCN(c2cc(Cl)ccc2CCl)CC1. The van der Waals surface area contributed by atoms with Gasteiger partial charge in [-0.3, -0.25) is 4.21 Å². The first-order valence-electron chi connectivity index (χ1n) is 5.15. The van der Waals surface area contributed by atoms with Crippen molar-refractivity contribution in [3.05, 3.63) is 28.8 Å². The van der Waals surface area contributed by atoms with Crippen LogP contribution in [0, 0.1) is 0 Å². The molecule has 0 N–H and O–H groups in total. The van der Waals surface area contributed by atoms with E-state index >= 15 is 0 Å². The molecule has 2 nitrogen and oxygen atoms in total. The first-order valence-corrected chi connectivity index (χ1v) is 7.55. The molecule has 0 amide bonds. The minimum absolute atomic E-state index is 0.478. The molecule has 0 spiro atoms. The maximum atomic E-state index is 11.3. The van der Waals surface area contributed by atoms with Crippen LogP contribution in [0.5, 0.6) is 0 Å². The van der Waals surface area contributed by atoms with E-state index in [4.69, 9.17) is 23.2 Å². The summed E-state index contributed by atoms with van der Waals surface area (Å²) in [5.74, 6) is 1.94. The third-order valence-electron chi connectivity index (χ3n) is 2.71. The lowest BCUT2D eigenvalue weighted by molar-refractivity contribution is 0.673. The number of nitrogens with zero attached hydrogens (tertiary/aromatic N) is 1. The summed E-state index contributed by atoms with van der Waals surface area (Å²) >= 11 is 11.9. The molecular weight excluding hydrogens is 265 g/mol. The summed E-state index contributed by atoms with van der Waals surface area (Å²) in [6.45, 7) is 1.63. The standard InChI is InChI=1S/C11H13Cl2NOS/c12-8-9-1-2-10(13)7-11(9)14-3-5-16(15)6-4-14/h1-2,7H,3-6,8H2. The number of anilines is 1. The quantitative estimate of drug-likeness (QED) is 0.775. The topological polar surface area (TPSA) is 20.3 Å². The molecule has 1 aromatic carbocycles. The van der Waals surface area contributed by atoms with E-state index in [1.165, 1.54) is 0 Å². The molecule has 1 aliphatic rings. The molecule has 1 aromatic rings. The van der Waals surface area contributed by atoms with E-state index in [0.29, 0.717) is 5.88 Å². The van der Waals surface area contributed by atoms with Crippen LogP contribution in [0.25, 0.3) is 0 Å². The Balaban J connectivity index is 2.24. The Labute approximate surface area is 108 Å². The Bertz CT molecular complexity index is 401. The Kier molecular flexibility index (Phi) is 4.11. The van der Waals surface area contributed by atoms with Gasteiger partial charge in [0.2, 0.25) is 0 Å². The molecule has 0 bridgehead atoms. The third-order valence-corrected chi connectivity index (χ3v) is 4.51. The van der Waals surface area contributed by atoms with E-state index in [9.17, 15) is 4.21 Å². The lowest BCUT2D eigenvalue weighted by atomic mass is 10.2. The van der Waals surface area contributed by atoms with Crippen LogP contribution >= 0.6 is 23.2 Å². The van der Waals surface area contributed by atoms with Gasteiger partial charge in [0.05, 0.1) is 0 Å². The first kappa shape index (κ1) is 12.2. The summed E-state index contributed by atoms with van der Waals surface area (Å²) in [5.41, 5.74) is 2.16. The van der Waals surface area contributed by atoms with Crippen LogP contribution in [0.2, 0.25) is 5.02 Å². The van der Waals surface area contributed by atoms with Crippen LogP contribution in [0.3, 0.4) is 0 Å². The lowest BCUT2D eigenvalue weighted by Crippen LogP contribution is -2.38. The zero-order valence-corrected chi connectivity index (χ0v) is 11.1. The first-order chi connectivity index (χ1) is 7.70. The van der Waals surface area contributed by atoms with E-state index in [2.05, 4.69) is 4.90 Å². The zero-order chi connectivity index (χ0) is 11.5. The van der Waals surface area contributed by atoms with Gasteiger partial charge in [-0.25, -0.2) is 0 Å². The van der Waals surface area contributed by atoms with Gasteiger partial charge < -0.3 is 4.90 Å². The van der Waals surface area contributed by atoms with Crippen molar-refractivity contribution in [3.8, 4) is 0 Å². The average molecular weight is 278 g/mol. The zero-order valence-electron chi connectivity index (χ0n) is 8.79. The number of alkyl halides is 1. The van der Waals surface area contributed by atoms with Crippen LogP contribution in [-0.2, 0) is 16.7 Å². The van der Waals surface area contributed by atoms with Crippen molar-refractivity contribution in [3.63, 3.8) is 0 Å². The molecule has 0 aliphatic carbocycles. The minimum atomic E-state index is -0.656. The van der Waals surface area contributed by atoms with Crippen LogP contribution < -0.4 is 4.90 Å². The van der Waals surface area contributed by atoms with Gasteiger partial charge in [-0.1, -0.05) is 17.7 Å². The summed E-state index contributed by atoms with van der Waals surface area (Å²) in [7, 11) is -0.656. The van der Waals surface area contributed by atoms with Crippen molar-refractivity contribution in [1.29, 1.82) is 0 Å². The Hall–Kier alpha value is -0.250. The van der Waals surface area contributed by atoms with Crippen molar-refractivity contribution in [2.75, 3.05) is 29.5 Å². The van der Waals surface area contributed by atoms with Gasteiger partial charge in [0.25, 0.3) is 0 Å². The molecule has 0 aromatic heterocycles. The smallest absolute Gasteiger partial charge is 0.0494 e. The summed E-state index contributed by atoms with van der Waals surface area (Å²) in [5, 5.41) is 0.718. The van der Waals surface area contributed by atoms with E-state index < -0.39 is 10.8 Å². The van der Waals surface area contributed by atoms with Crippen LogP contribution in [0.1, 0.15) is 5.56 Å². The second kappa shape index (κ2) is 5.39. The highest BCUT2D eigenvalue weighted by Gasteiger charge is 2.17. The molecule has 1 aliphatic heterocycles. The predicted molar refractivity (Wildman–Crippen MR) is 71.1 cm³/mol. The summed E-state index contributed by atoms with van der Waals surface area (Å²) in [6.07, 6.45) is 0. The van der Waals surface area contributed by atoms with E-state index in [1.807, 2.05) is 18.2 Å². The molecule has 16 heavy (non-hydrogen) atoms. The Morgan fingerprint density at radius 3 is 2.62 bits per heavy atom. The number of hydrogen-bond acceptors (Lipinski definition) is 2. The van der Waals surface area contributed by atoms with E-state index in [0.717, 1.165) is 40.9 Å². The fourth-order valence-corrected chi connectivity index (χ4v) is 3.27. The summed E-state index contributed by atoms with van der Waals surface area (Å²) in [6, 6.07) is 5.74. The van der Waals surface area contributed by atoms with Crippen LogP contribution in [0.15, 0.2) is 18.2 Å². The maximum absolute atomic E-state index is 11.3. The molecule has 0 atom stereocenters. The number of rotatable bonds is 2. The van der Waals surface area contributed by atoms with Crippen molar-refractivity contribution in [2.24, 2.45) is 0 Å². The molecule has 0 radical (unpaired) electrons. The van der Waals surface area contributed by atoms with Crippen molar-refractivity contribution in [2.45, 2.75) is 5.88 Å². The van der Waals surface area contributed by atoms with Gasteiger partial charge in [0.15, 0.2) is 0 Å². The molecule has 1 heterocycles. The highest BCUT2D eigenvalue weighted by Crippen LogP contribution is 2.27.